The number of aliphatic hydroxyl groups is 1. The number of hydrogen-bond donors (Lipinski definition) is 14. The predicted octanol–water partition coefficient (Wildman–Crippen LogP) is 1.86. The number of cyclic esters (lactones) is 1. The number of ether oxygens (including phenoxy) is 3. The highest BCUT2D eigenvalue weighted by atomic mass is 19.1. The summed E-state index contributed by atoms with van der Waals surface area (Å²) in [4.78, 5) is 210. The van der Waals surface area contributed by atoms with Crippen molar-refractivity contribution < 1.29 is 111 Å². The summed E-state index contributed by atoms with van der Waals surface area (Å²) in [5.41, 5.74) is 1.28. The van der Waals surface area contributed by atoms with Crippen LogP contribution in [0.1, 0.15) is 191 Å². The maximum atomic E-state index is 15.6. The number of carbonyl (C=O) groups is 15. The number of aliphatic carboxylic acids is 3. The zero-order valence-corrected chi connectivity index (χ0v) is 64.7. The summed E-state index contributed by atoms with van der Waals surface area (Å²) < 4.78 is 33.5. The first-order chi connectivity index (χ1) is 54.8. The number of unbranched alkanes of at least 4 members (excludes halogenated alkanes) is 3. The standard InChI is InChI=1S/C78H100FN13O23/c1-6-78(112)50-38-57-67-48(40-92(57)73(105)49(50)41-115-76(78)110)65-52(23-22-47-43(4)51(79)39-56(86-67)64(47)65)87-68(100)44(5)84-72(104)66(42(2)3)90-71(103)53(85-60(95)17-13-33-91-61(96)25-26-62(91)97)14-7-10-30-81-59(94)28-34-113-36-37-114-35-32-83-70(102)46-20-18-45(19-21-46)69(101)82-31-12-9-16-58(93)80-29-11-8-15-54(74(106)107)88-77(111)89-55(75(108)109)24-27-63(98)99/h18-21,25-26,38-39,42,44,52-55,66,112H,6-17,22-24,27-37,40-41H2,1-5H3,(H,80,93)(H,81,94)(H,82,101)(H,83,102)(H,84,104)(H,85,95)(H,87,100)(H,90,103)(H,98,99)(H,106,107)(H,108,109)(H2,88,89,111)/t44-,52-,53+,54+,55+,66+,78-/m1/s1. The molecule has 0 saturated carbocycles. The number of urea groups is 1. The lowest BCUT2D eigenvalue weighted by Gasteiger charge is -2.31. The van der Waals surface area contributed by atoms with E-state index in [0.29, 0.717) is 89.4 Å². The Morgan fingerprint density at radius 1 is 0.626 bits per heavy atom. The fourth-order valence-corrected chi connectivity index (χ4v) is 13.8. The number of fused-ring (bicyclic) bond motifs is 5. The molecule has 115 heavy (non-hydrogen) atoms. The molecule has 8 rings (SSSR count). The first-order valence-corrected chi connectivity index (χ1v) is 38.5. The van der Waals surface area contributed by atoms with Gasteiger partial charge in [-0.3, -0.25) is 62.4 Å². The molecule has 622 valence electrons. The normalized spacial score (nSPS) is 16.3. The molecule has 0 fully saturated rings. The Balaban J connectivity index is 0.712. The van der Waals surface area contributed by atoms with Crippen molar-refractivity contribution in [2.24, 2.45) is 5.92 Å². The van der Waals surface area contributed by atoms with E-state index in [2.05, 4.69) is 53.2 Å². The van der Waals surface area contributed by atoms with Crippen molar-refractivity contribution in [3.05, 3.63) is 109 Å². The smallest absolute Gasteiger partial charge is 0.343 e. The molecule has 14 N–H and O–H groups in total. The van der Waals surface area contributed by atoms with Crippen LogP contribution < -0.4 is 58.7 Å². The Morgan fingerprint density at radius 2 is 1.21 bits per heavy atom. The summed E-state index contributed by atoms with van der Waals surface area (Å²) in [6, 6.07) is 0.451. The van der Waals surface area contributed by atoms with E-state index >= 15 is 4.39 Å². The van der Waals surface area contributed by atoms with Gasteiger partial charge in [0.1, 0.15) is 42.6 Å². The molecular formula is C78H100FN13O23. The third kappa shape index (κ3) is 24.0. The fraction of sp³-hybridized carbons (Fsp3) is 0.526. The summed E-state index contributed by atoms with van der Waals surface area (Å²) in [6.07, 6.45) is 4.20. The maximum absolute atomic E-state index is 15.6. The number of carboxylic acid groups (broad SMARTS) is 3. The Morgan fingerprint density at radius 3 is 1.83 bits per heavy atom. The van der Waals surface area contributed by atoms with Gasteiger partial charge in [-0.15, -0.1) is 0 Å². The molecule has 36 nitrogen and oxygen atoms in total. The number of pyridine rings is 2. The van der Waals surface area contributed by atoms with Crippen LogP contribution in [0.15, 0.2) is 53.3 Å². The van der Waals surface area contributed by atoms with E-state index < -0.39 is 143 Å². The lowest BCUT2D eigenvalue weighted by atomic mass is 9.81. The van der Waals surface area contributed by atoms with Gasteiger partial charge in [0, 0.05) is 104 Å². The number of carbonyl (C=O) groups excluding carboxylic acids is 12. The molecular weight excluding hydrogens is 1510 g/mol. The second-order valence-corrected chi connectivity index (χ2v) is 28.8. The van der Waals surface area contributed by atoms with Crippen molar-refractivity contribution in [2.75, 3.05) is 59.2 Å². The Kier molecular flexibility index (Phi) is 32.5. The molecule has 37 heteroatoms. The number of nitrogens with one attached hydrogen (secondary N) is 10. The fourth-order valence-electron chi connectivity index (χ4n) is 13.8. The number of hydrogen-bond acceptors (Lipinski definition) is 21. The average Bonchev–Trinajstić information content (AvgIpc) is 1.64. The number of nitrogens with zero attached hydrogens (tertiary/aromatic N) is 3. The second-order valence-electron chi connectivity index (χ2n) is 28.8. The average molecular weight is 1610 g/mol. The van der Waals surface area contributed by atoms with Gasteiger partial charge in [-0.05, 0) is 150 Å². The molecule has 5 heterocycles. The molecule has 1 aliphatic carbocycles. The van der Waals surface area contributed by atoms with Crippen LogP contribution in [0.5, 0.6) is 0 Å². The van der Waals surface area contributed by atoms with Crippen molar-refractivity contribution in [3.63, 3.8) is 0 Å². The van der Waals surface area contributed by atoms with E-state index in [4.69, 9.17) is 24.3 Å². The third-order valence-electron chi connectivity index (χ3n) is 20.3. The number of aromatic nitrogens is 2. The molecule has 4 aliphatic rings. The van der Waals surface area contributed by atoms with E-state index in [-0.39, 0.29) is 164 Å². The van der Waals surface area contributed by atoms with Crippen LogP contribution in [0, 0.1) is 18.7 Å². The molecule has 2 aromatic heterocycles. The Bertz CT molecular complexity index is 4440. The summed E-state index contributed by atoms with van der Waals surface area (Å²) >= 11 is 0. The highest BCUT2D eigenvalue weighted by Crippen LogP contribution is 2.46. The molecule has 0 spiro atoms. The van der Waals surface area contributed by atoms with Gasteiger partial charge in [0.2, 0.25) is 35.4 Å². The zero-order valence-electron chi connectivity index (χ0n) is 64.7. The molecule has 0 radical (unpaired) electrons. The van der Waals surface area contributed by atoms with Crippen LogP contribution >= 0.6 is 0 Å². The summed E-state index contributed by atoms with van der Waals surface area (Å²) in [5.74, 6) is -11.1. The van der Waals surface area contributed by atoms with Gasteiger partial charge >= 0.3 is 29.9 Å². The highest BCUT2D eigenvalue weighted by Gasteiger charge is 2.46. The lowest BCUT2D eigenvalue weighted by molar-refractivity contribution is -0.172. The number of carboxylic acids is 3. The number of benzene rings is 2. The van der Waals surface area contributed by atoms with Crippen LogP contribution in [0.2, 0.25) is 0 Å². The molecule has 4 aromatic rings. The minimum absolute atomic E-state index is 0.00554. The molecule has 12 amide bonds. The van der Waals surface area contributed by atoms with Crippen LogP contribution in [-0.2, 0) is 96.9 Å². The van der Waals surface area contributed by atoms with Gasteiger partial charge in [-0.25, -0.2) is 28.6 Å². The first-order valence-electron chi connectivity index (χ1n) is 38.5. The van der Waals surface area contributed by atoms with Gasteiger partial charge in [0.15, 0.2) is 5.60 Å². The van der Waals surface area contributed by atoms with E-state index in [9.17, 15) is 92.0 Å². The molecule has 3 aliphatic heterocycles. The molecule has 7 atom stereocenters. The summed E-state index contributed by atoms with van der Waals surface area (Å²) in [7, 11) is 0. The first kappa shape index (κ1) is 89.0. The minimum atomic E-state index is -2.10. The number of imide groups is 1. The largest absolute Gasteiger partial charge is 0.481 e. The van der Waals surface area contributed by atoms with Gasteiger partial charge in [-0.1, -0.05) is 20.8 Å². The van der Waals surface area contributed by atoms with Gasteiger partial charge in [0.05, 0.1) is 61.5 Å². The van der Waals surface area contributed by atoms with Gasteiger partial charge in [-0.2, -0.15) is 0 Å². The van der Waals surface area contributed by atoms with E-state index in [1.54, 1.807) is 33.8 Å². The zero-order chi connectivity index (χ0) is 83.8. The molecule has 0 bridgehead atoms. The highest BCUT2D eigenvalue weighted by molar-refractivity contribution is 6.13. The number of halogens is 1. The molecule has 0 unspecified atom stereocenters. The topological polar surface area (TPSA) is 523 Å². The summed E-state index contributed by atoms with van der Waals surface area (Å²) in [5, 5.41) is 66.1. The van der Waals surface area contributed by atoms with Crippen LogP contribution in [-0.4, -0.2) is 213 Å². The number of amides is 12. The number of aryl methyl sites for hydroxylation is 1. The van der Waals surface area contributed by atoms with Crippen molar-refractivity contribution >= 4 is 99.9 Å². The third-order valence-corrected chi connectivity index (χ3v) is 20.3. The Labute approximate surface area is 660 Å². The van der Waals surface area contributed by atoms with Crippen LogP contribution in [0.3, 0.4) is 0 Å². The van der Waals surface area contributed by atoms with Crippen LogP contribution in [0.25, 0.3) is 22.3 Å². The lowest BCUT2D eigenvalue weighted by Crippen LogP contribution is -2.58. The summed E-state index contributed by atoms with van der Waals surface area (Å²) in [6.45, 7) is 8.97. The number of esters is 1. The van der Waals surface area contributed by atoms with Crippen molar-refractivity contribution in [2.45, 2.75) is 199 Å². The SMILES string of the molecule is CC[C@]1(O)C(=O)OCc2c1cc1n(c2=O)Cc2c-1nc1cc(F)c(C)c3c1c2[C@H](NC(=O)[C@@H](C)NC(=O)[C@@H](NC(=O)[C@H](CCCCNC(=O)CCOCCOCCNC(=O)c1ccc(C(=O)NCCCCC(=O)NCCCC[C@H](NC(=O)N[C@@H](CCC(=O)O)C(=O)O)C(=O)O)cc1)NC(=O)CCCN1C(=O)C=CC1=O)C(C)C)CC3. The monoisotopic (exact) mass is 1610 g/mol. The van der Waals surface area contributed by atoms with Gasteiger partial charge < -0.3 is 92.4 Å². The van der Waals surface area contributed by atoms with Crippen LogP contribution in [0.4, 0.5) is 9.18 Å². The van der Waals surface area contributed by atoms with E-state index in [0.717, 1.165) is 17.1 Å². The van der Waals surface area contributed by atoms with Crippen molar-refractivity contribution in [1.82, 2.24) is 67.6 Å². The van der Waals surface area contributed by atoms with Gasteiger partial charge in [0.25, 0.3) is 29.2 Å². The van der Waals surface area contributed by atoms with E-state index in [1.807, 2.05) is 0 Å². The van der Waals surface area contributed by atoms with Crippen molar-refractivity contribution in [3.8, 4) is 11.4 Å². The molecule has 2 aromatic carbocycles. The molecule has 0 saturated heterocycles. The second kappa shape index (κ2) is 42.0. The minimum Gasteiger partial charge on any atom is -0.481 e. The van der Waals surface area contributed by atoms with E-state index in [1.165, 1.54) is 41.8 Å². The maximum Gasteiger partial charge on any atom is 0.343 e. The number of rotatable bonds is 46. The Hall–Kier alpha value is -11.6. The van der Waals surface area contributed by atoms with Crippen molar-refractivity contribution in [1.29, 1.82) is 0 Å². The quantitative estimate of drug-likeness (QED) is 0.0150. The predicted molar refractivity (Wildman–Crippen MR) is 406 cm³/mol.